The third-order valence-electron chi connectivity index (χ3n) is 2.20. The highest BCUT2D eigenvalue weighted by molar-refractivity contribution is 5.79. The molecule has 94 valence electrons. The zero-order valence-electron chi connectivity index (χ0n) is 10.1. The normalized spacial score (nSPS) is 11.4. The second kappa shape index (κ2) is 6.98. The largest absolute Gasteiger partial charge is 0.494 e. The first-order valence-electron chi connectivity index (χ1n) is 5.10. The van der Waals surface area contributed by atoms with Gasteiger partial charge in [0.2, 0.25) is 0 Å². The molecule has 0 spiro atoms. The highest BCUT2D eigenvalue weighted by Crippen LogP contribution is 2.16. The van der Waals surface area contributed by atoms with Gasteiger partial charge in [0.25, 0.3) is 0 Å². The molecule has 0 unspecified atom stereocenters. The number of hydrogen-bond donors (Lipinski definition) is 0. The first-order chi connectivity index (χ1) is 8.21. The molecule has 5 heteroatoms. The molecule has 0 saturated carbocycles. The van der Waals surface area contributed by atoms with Crippen LogP contribution in [0.2, 0.25) is 0 Å². The second-order valence-corrected chi connectivity index (χ2v) is 3.29. The third kappa shape index (κ3) is 4.13. The molecule has 0 aliphatic rings. The Labute approximate surface area is 100 Å². The van der Waals surface area contributed by atoms with Gasteiger partial charge in [-0.3, -0.25) is 4.99 Å². The van der Waals surface area contributed by atoms with Gasteiger partial charge in [0, 0.05) is 20.4 Å². The van der Waals surface area contributed by atoms with E-state index in [0.29, 0.717) is 12.1 Å². The Kier molecular flexibility index (Phi) is 5.59. The number of methoxy groups -OCH3 is 3. The van der Waals surface area contributed by atoms with Crippen LogP contribution in [0.4, 0.5) is 4.39 Å². The van der Waals surface area contributed by atoms with E-state index in [-0.39, 0.29) is 12.0 Å². The predicted molar refractivity (Wildman–Crippen MR) is 63.2 cm³/mol. The van der Waals surface area contributed by atoms with Crippen molar-refractivity contribution in [2.75, 3.05) is 27.9 Å². The molecule has 1 aromatic rings. The first kappa shape index (κ1) is 13.6. The van der Waals surface area contributed by atoms with E-state index in [4.69, 9.17) is 14.2 Å². The molecular formula is C12H16FNO3. The van der Waals surface area contributed by atoms with Crippen LogP contribution in [-0.2, 0) is 9.47 Å². The van der Waals surface area contributed by atoms with Gasteiger partial charge in [0.1, 0.15) is 0 Å². The zero-order chi connectivity index (χ0) is 12.7. The lowest BCUT2D eigenvalue weighted by Gasteiger charge is -2.09. The van der Waals surface area contributed by atoms with Crippen LogP contribution in [-0.4, -0.2) is 40.4 Å². The molecule has 0 amide bonds. The number of rotatable bonds is 6. The van der Waals surface area contributed by atoms with Gasteiger partial charge in [-0.15, -0.1) is 0 Å². The van der Waals surface area contributed by atoms with Gasteiger partial charge in [-0.05, 0) is 23.8 Å². The second-order valence-electron chi connectivity index (χ2n) is 3.29. The highest BCUT2D eigenvalue weighted by atomic mass is 19.1. The number of hydrogen-bond acceptors (Lipinski definition) is 4. The van der Waals surface area contributed by atoms with Gasteiger partial charge in [-0.1, -0.05) is 0 Å². The Morgan fingerprint density at radius 2 is 2.00 bits per heavy atom. The fraction of sp³-hybridized carbons (Fsp3) is 0.417. The molecule has 0 heterocycles. The molecule has 0 atom stereocenters. The molecule has 17 heavy (non-hydrogen) atoms. The summed E-state index contributed by atoms with van der Waals surface area (Å²) in [6.07, 6.45) is 1.18. The van der Waals surface area contributed by atoms with E-state index in [1.54, 1.807) is 18.3 Å². The molecule has 0 aliphatic carbocycles. The van der Waals surface area contributed by atoms with Crippen molar-refractivity contribution in [2.45, 2.75) is 6.29 Å². The van der Waals surface area contributed by atoms with Crippen LogP contribution in [0.3, 0.4) is 0 Å². The Hall–Kier alpha value is -1.46. The third-order valence-corrected chi connectivity index (χ3v) is 2.20. The van der Waals surface area contributed by atoms with Crippen LogP contribution in [0.1, 0.15) is 5.56 Å². The average Bonchev–Trinajstić information content (AvgIpc) is 2.35. The Bertz CT molecular complexity index is 378. The minimum atomic E-state index is -0.411. The summed E-state index contributed by atoms with van der Waals surface area (Å²) in [6.45, 7) is 0.362. The Morgan fingerprint density at radius 3 is 2.53 bits per heavy atom. The van der Waals surface area contributed by atoms with Gasteiger partial charge in [-0.25, -0.2) is 4.39 Å². The molecular weight excluding hydrogens is 225 g/mol. The molecule has 0 saturated heterocycles. The van der Waals surface area contributed by atoms with Gasteiger partial charge in [0.05, 0.1) is 13.7 Å². The number of aliphatic imine (C=N–C) groups is 1. The van der Waals surface area contributed by atoms with Crippen molar-refractivity contribution < 1.29 is 18.6 Å². The van der Waals surface area contributed by atoms with Crippen molar-refractivity contribution in [2.24, 2.45) is 4.99 Å². The fourth-order valence-electron chi connectivity index (χ4n) is 1.25. The van der Waals surface area contributed by atoms with E-state index in [0.717, 1.165) is 0 Å². The summed E-state index contributed by atoms with van der Waals surface area (Å²) in [5.74, 6) is -0.194. The summed E-state index contributed by atoms with van der Waals surface area (Å²) in [6, 6.07) is 4.64. The standard InChI is InChI=1S/C12H16FNO3/c1-15-11-5-4-9(6-10(11)13)7-14-8-12(16-2)17-3/h4-7,12H,8H2,1-3H3/b14-7-. The summed E-state index contributed by atoms with van der Waals surface area (Å²) < 4.78 is 28.1. The topological polar surface area (TPSA) is 40.0 Å². The van der Waals surface area contributed by atoms with Crippen LogP contribution in [0, 0.1) is 5.82 Å². The van der Waals surface area contributed by atoms with Gasteiger partial charge in [-0.2, -0.15) is 0 Å². The zero-order valence-corrected chi connectivity index (χ0v) is 10.1. The van der Waals surface area contributed by atoms with Crippen molar-refractivity contribution in [3.05, 3.63) is 29.6 Å². The van der Waals surface area contributed by atoms with Gasteiger partial charge < -0.3 is 14.2 Å². The summed E-state index contributed by atoms with van der Waals surface area (Å²) in [5, 5.41) is 0. The quantitative estimate of drug-likeness (QED) is 0.564. The fourth-order valence-corrected chi connectivity index (χ4v) is 1.25. The van der Waals surface area contributed by atoms with Crippen LogP contribution < -0.4 is 4.74 Å². The molecule has 0 bridgehead atoms. The molecule has 4 nitrogen and oxygen atoms in total. The summed E-state index contributed by atoms with van der Waals surface area (Å²) >= 11 is 0. The number of nitrogens with zero attached hydrogens (tertiary/aromatic N) is 1. The van der Waals surface area contributed by atoms with Crippen LogP contribution in [0.15, 0.2) is 23.2 Å². The Balaban J connectivity index is 2.62. The molecule has 1 rings (SSSR count). The average molecular weight is 241 g/mol. The maximum atomic E-state index is 13.3. The lowest BCUT2D eigenvalue weighted by Crippen LogP contribution is -2.16. The van der Waals surface area contributed by atoms with E-state index in [9.17, 15) is 4.39 Å². The predicted octanol–water partition coefficient (Wildman–Crippen LogP) is 1.87. The molecule has 1 aromatic carbocycles. The molecule has 0 radical (unpaired) electrons. The number of benzene rings is 1. The maximum absolute atomic E-state index is 13.3. The minimum Gasteiger partial charge on any atom is -0.494 e. The van der Waals surface area contributed by atoms with Crippen LogP contribution in [0.25, 0.3) is 0 Å². The van der Waals surface area contributed by atoms with E-state index in [1.165, 1.54) is 27.4 Å². The van der Waals surface area contributed by atoms with Crippen molar-refractivity contribution in [1.29, 1.82) is 0 Å². The maximum Gasteiger partial charge on any atom is 0.176 e. The van der Waals surface area contributed by atoms with Crippen molar-refractivity contribution in [1.82, 2.24) is 0 Å². The van der Waals surface area contributed by atoms with Crippen LogP contribution >= 0.6 is 0 Å². The van der Waals surface area contributed by atoms with Crippen molar-refractivity contribution >= 4 is 6.21 Å². The number of halogens is 1. The SMILES string of the molecule is COc1ccc(/C=N\CC(OC)OC)cc1F. The number of ether oxygens (including phenoxy) is 3. The Morgan fingerprint density at radius 1 is 1.29 bits per heavy atom. The lowest BCUT2D eigenvalue weighted by atomic mass is 10.2. The van der Waals surface area contributed by atoms with Crippen molar-refractivity contribution in [3.8, 4) is 5.75 Å². The van der Waals surface area contributed by atoms with E-state index in [2.05, 4.69) is 4.99 Å². The minimum absolute atomic E-state index is 0.216. The lowest BCUT2D eigenvalue weighted by molar-refractivity contribution is -0.0936. The summed E-state index contributed by atoms with van der Waals surface area (Å²) in [4.78, 5) is 4.10. The van der Waals surface area contributed by atoms with Gasteiger partial charge in [0.15, 0.2) is 17.9 Å². The van der Waals surface area contributed by atoms with Gasteiger partial charge >= 0.3 is 0 Å². The smallest absolute Gasteiger partial charge is 0.176 e. The molecule has 0 fully saturated rings. The van der Waals surface area contributed by atoms with Crippen molar-refractivity contribution in [3.63, 3.8) is 0 Å². The molecule has 0 N–H and O–H groups in total. The van der Waals surface area contributed by atoms with E-state index in [1.807, 2.05) is 0 Å². The highest BCUT2D eigenvalue weighted by Gasteiger charge is 2.03. The molecule has 0 aliphatic heterocycles. The monoisotopic (exact) mass is 241 g/mol. The van der Waals surface area contributed by atoms with E-state index < -0.39 is 5.82 Å². The van der Waals surface area contributed by atoms with Crippen LogP contribution in [0.5, 0.6) is 5.75 Å². The summed E-state index contributed by atoms with van der Waals surface area (Å²) in [5.41, 5.74) is 0.661. The summed E-state index contributed by atoms with van der Waals surface area (Å²) in [7, 11) is 4.50. The van der Waals surface area contributed by atoms with E-state index >= 15 is 0 Å². The first-order valence-corrected chi connectivity index (χ1v) is 5.10. The molecule has 0 aromatic heterocycles.